The number of hydrogen-bond acceptors (Lipinski definition) is 4. The molecule has 1 atom stereocenters. The largest absolute Gasteiger partial charge is 0.341 e. The van der Waals surface area contributed by atoms with Gasteiger partial charge < -0.3 is 9.80 Å². The summed E-state index contributed by atoms with van der Waals surface area (Å²) >= 11 is 0. The summed E-state index contributed by atoms with van der Waals surface area (Å²) in [5.74, 6) is 0.978. The number of nitrogens with zero attached hydrogens (tertiary/aromatic N) is 4. The Labute approximate surface area is 149 Å². The van der Waals surface area contributed by atoms with Crippen molar-refractivity contribution in [3.8, 4) is 0 Å². The predicted molar refractivity (Wildman–Crippen MR) is 95.2 cm³/mol. The minimum absolute atomic E-state index is 0.112. The van der Waals surface area contributed by atoms with Gasteiger partial charge in [-0.15, -0.1) is 0 Å². The van der Waals surface area contributed by atoms with Crippen LogP contribution in [0.4, 0.5) is 0 Å². The van der Waals surface area contributed by atoms with Gasteiger partial charge in [-0.05, 0) is 32.1 Å². The van der Waals surface area contributed by atoms with E-state index in [1.807, 2.05) is 18.7 Å². The van der Waals surface area contributed by atoms with E-state index < -0.39 is 5.54 Å². The number of aromatic nitrogens is 2. The van der Waals surface area contributed by atoms with Crippen molar-refractivity contribution < 1.29 is 9.59 Å². The summed E-state index contributed by atoms with van der Waals surface area (Å²) in [5.41, 5.74) is -0.174. The molecule has 2 fully saturated rings. The minimum atomic E-state index is -0.652. The molecule has 3 heterocycles. The molecule has 0 aromatic carbocycles. The number of hydrogen-bond donors (Lipinski definition) is 0. The van der Waals surface area contributed by atoms with Crippen LogP contribution in [0.5, 0.6) is 0 Å². The Morgan fingerprint density at radius 2 is 1.84 bits per heavy atom. The van der Waals surface area contributed by atoms with E-state index in [0.717, 1.165) is 51.0 Å². The fourth-order valence-electron chi connectivity index (χ4n) is 4.11. The lowest BCUT2D eigenvalue weighted by Gasteiger charge is -2.44. The zero-order valence-electron chi connectivity index (χ0n) is 15.5. The van der Waals surface area contributed by atoms with Crippen LogP contribution in [0, 0.1) is 0 Å². The van der Waals surface area contributed by atoms with Gasteiger partial charge in [0.05, 0.1) is 5.56 Å². The molecule has 3 rings (SSSR count). The lowest BCUT2D eigenvalue weighted by molar-refractivity contribution is -0.145. The fourth-order valence-corrected chi connectivity index (χ4v) is 4.11. The van der Waals surface area contributed by atoms with Crippen LogP contribution in [0.3, 0.4) is 0 Å². The Kier molecular flexibility index (Phi) is 5.06. The smallest absolute Gasteiger partial charge is 0.257 e. The van der Waals surface area contributed by atoms with Crippen LogP contribution in [0.15, 0.2) is 12.4 Å². The second kappa shape index (κ2) is 7.10. The first-order chi connectivity index (χ1) is 12.0. The summed E-state index contributed by atoms with van der Waals surface area (Å²) < 4.78 is 0. The first kappa shape index (κ1) is 17.8. The third kappa shape index (κ3) is 3.14. The van der Waals surface area contributed by atoms with Gasteiger partial charge in [-0.25, -0.2) is 9.97 Å². The monoisotopic (exact) mass is 344 g/mol. The standard InChI is InChI=1S/C19H28N4O2/c1-4-9-22-10-5-7-19(18(22)25)8-6-11-23(19)17(24)15-12-20-16(14(2)3)21-13-15/h12-14H,4-11H2,1-3H3. The van der Waals surface area contributed by atoms with Gasteiger partial charge in [0.2, 0.25) is 5.91 Å². The van der Waals surface area contributed by atoms with E-state index in [0.29, 0.717) is 12.1 Å². The lowest BCUT2D eigenvalue weighted by Crippen LogP contribution is -2.61. The molecule has 0 saturated carbocycles. The Morgan fingerprint density at radius 3 is 2.44 bits per heavy atom. The predicted octanol–water partition coefficient (Wildman–Crippen LogP) is 2.61. The Morgan fingerprint density at radius 1 is 1.20 bits per heavy atom. The van der Waals surface area contributed by atoms with Crippen molar-refractivity contribution in [1.82, 2.24) is 19.8 Å². The van der Waals surface area contributed by atoms with E-state index in [-0.39, 0.29) is 17.7 Å². The van der Waals surface area contributed by atoms with Gasteiger partial charge in [0, 0.05) is 37.9 Å². The molecule has 2 aliphatic heterocycles. The van der Waals surface area contributed by atoms with Crippen LogP contribution < -0.4 is 0 Å². The third-order valence-corrected chi connectivity index (χ3v) is 5.37. The fraction of sp³-hybridized carbons (Fsp3) is 0.684. The maximum absolute atomic E-state index is 13.1. The lowest BCUT2D eigenvalue weighted by atomic mass is 9.85. The Balaban J connectivity index is 1.85. The zero-order chi connectivity index (χ0) is 18.0. The molecule has 0 N–H and O–H groups in total. The van der Waals surface area contributed by atoms with E-state index in [1.54, 1.807) is 17.3 Å². The maximum atomic E-state index is 13.1. The molecule has 0 bridgehead atoms. The summed E-state index contributed by atoms with van der Waals surface area (Å²) in [5, 5.41) is 0. The van der Waals surface area contributed by atoms with Crippen molar-refractivity contribution in [2.24, 2.45) is 0 Å². The summed E-state index contributed by atoms with van der Waals surface area (Å²) in [6, 6.07) is 0. The van der Waals surface area contributed by atoms with Crippen LogP contribution in [0.2, 0.25) is 0 Å². The van der Waals surface area contributed by atoms with Crippen molar-refractivity contribution in [2.45, 2.75) is 64.3 Å². The Bertz CT molecular complexity index is 641. The van der Waals surface area contributed by atoms with E-state index in [9.17, 15) is 9.59 Å². The average Bonchev–Trinajstić information content (AvgIpc) is 3.03. The van der Waals surface area contributed by atoms with Gasteiger partial charge in [-0.3, -0.25) is 9.59 Å². The van der Waals surface area contributed by atoms with Crippen molar-refractivity contribution in [1.29, 1.82) is 0 Å². The first-order valence-corrected chi connectivity index (χ1v) is 9.43. The van der Waals surface area contributed by atoms with Crippen molar-refractivity contribution >= 4 is 11.8 Å². The molecule has 1 unspecified atom stereocenters. The molecular formula is C19H28N4O2. The third-order valence-electron chi connectivity index (χ3n) is 5.37. The molecule has 0 aliphatic carbocycles. The minimum Gasteiger partial charge on any atom is -0.341 e. The van der Waals surface area contributed by atoms with E-state index in [1.165, 1.54) is 0 Å². The number of rotatable bonds is 4. The second-order valence-electron chi connectivity index (χ2n) is 7.47. The molecule has 1 spiro atoms. The highest BCUT2D eigenvalue weighted by molar-refractivity contribution is 5.99. The van der Waals surface area contributed by atoms with Crippen molar-refractivity contribution in [2.75, 3.05) is 19.6 Å². The van der Waals surface area contributed by atoms with Crippen LogP contribution in [0.1, 0.15) is 75.0 Å². The van der Waals surface area contributed by atoms with E-state index >= 15 is 0 Å². The molecule has 136 valence electrons. The average molecular weight is 344 g/mol. The maximum Gasteiger partial charge on any atom is 0.257 e. The molecule has 2 aliphatic rings. The quantitative estimate of drug-likeness (QED) is 0.842. The first-order valence-electron chi connectivity index (χ1n) is 9.43. The highest BCUT2D eigenvalue weighted by Gasteiger charge is 2.52. The summed E-state index contributed by atoms with van der Waals surface area (Å²) in [6.07, 6.45) is 7.52. The molecule has 1 aromatic rings. The normalized spacial score (nSPS) is 23.8. The number of carbonyl (C=O) groups excluding carboxylic acids is 2. The highest BCUT2D eigenvalue weighted by atomic mass is 16.2. The number of piperidine rings is 1. The van der Waals surface area contributed by atoms with Gasteiger partial charge in [0.1, 0.15) is 11.4 Å². The highest BCUT2D eigenvalue weighted by Crippen LogP contribution is 2.39. The van der Waals surface area contributed by atoms with E-state index in [2.05, 4.69) is 16.9 Å². The number of likely N-dealkylation sites (tertiary alicyclic amines) is 2. The van der Waals surface area contributed by atoms with Gasteiger partial charge in [0.25, 0.3) is 5.91 Å². The Hall–Kier alpha value is -1.98. The molecule has 2 amide bonds. The molecular weight excluding hydrogens is 316 g/mol. The van der Waals surface area contributed by atoms with Crippen molar-refractivity contribution in [3.63, 3.8) is 0 Å². The second-order valence-corrected chi connectivity index (χ2v) is 7.47. The molecule has 25 heavy (non-hydrogen) atoms. The van der Waals surface area contributed by atoms with Crippen LogP contribution in [-0.2, 0) is 4.79 Å². The molecule has 6 heteroatoms. The van der Waals surface area contributed by atoms with Gasteiger partial charge in [0.15, 0.2) is 0 Å². The van der Waals surface area contributed by atoms with E-state index in [4.69, 9.17) is 0 Å². The summed E-state index contributed by atoms with van der Waals surface area (Å²) in [4.78, 5) is 38.6. The SMILES string of the molecule is CCCN1CCCC2(CCCN2C(=O)c2cnc(C(C)C)nc2)C1=O. The summed E-state index contributed by atoms with van der Waals surface area (Å²) in [6.45, 7) is 8.35. The number of carbonyl (C=O) groups is 2. The van der Waals surface area contributed by atoms with Gasteiger partial charge >= 0.3 is 0 Å². The zero-order valence-corrected chi connectivity index (χ0v) is 15.5. The topological polar surface area (TPSA) is 66.4 Å². The van der Waals surface area contributed by atoms with Crippen LogP contribution in [-0.4, -0.2) is 56.8 Å². The molecule has 0 radical (unpaired) electrons. The van der Waals surface area contributed by atoms with Crippen LogP contribution >= 0.6 is 0 Å². The molecule has 1 aromatic heterocycles. The summed E-state index contributed by atoms with van der Waals surface area (Å²) in [7, 11) is 0. The number of amides is 2. The molecule has 2 saturated heterocycles. The molecule has 6 nitrogen and oxygen atoms in total. The van der Waals surface area contributed by atoms with Crippen molar-refractivity contribution in [3.05, 3.63) is 23.8 Å². The van der Waals surface area contributed by atoms with Gasteiger partial charge in [-0.1, -0.05) is 20.8 Å². The van der Waals surface area contributed by atoms with Crippen LogP contribution in [0.25, 0.3) is 0 Å². The van der Waals surface area contributed by atoms with Gasteiger partial charge in [-0.2, -0.15) is 0 Å².